The number of para-hydroxylation sites is 1. The molecule has 0 aliphatic heterocycles. The molecular formula is C12H12N2O6. The molecule has 1 aromatic rings. The fourth-order valence-corrected chi connectivity index (χ4v) is 1.36. The molecule has 0 bridgehead atoms. The predicted octanol–water partition coefficient (Wildman–Crippen LogP) is 0.974. The van der Waals surface area contributed by atoms with Gasteiger partial charge in [0.05, 0.1) is 4.92 Å². The number of carboxylic acid groups (broad SMARTS) is 1. The number of ether oxygens (including phenoxy) is 1. The second-order valence-electron chi connectivity index (χ2n) is 3.60. The van der Waals surface area contributed by atoms with E-state index in [1.807, 2.05) is 0 Å². The first kappa shape index (κ1) is 15.2. The van der Waals surface area contributed by atoms with Crippen LogP contribution < -0.4 is 10.1 Å². The van der Waals surface area contributed by atoms with Crippen LogP contribution in [0, 0.1) is 10.1 Å². The minimum Gasteiger partial charge on any atom is -0.478 e. The van der Waals surface area contributed by atoms with Crippen LogP contribution >= 0.6 is 0 Å². The number of hydrogen-bond acceptors (Lipinski definition) is 5. The first-order valence-electron chi connectivity index (χ1n) is 5.48. The Balaban J connectivity index is 2.96. The van der Waals surface area contributed by atoms with Crippen molar-refractivity contribution in [2.24, 2.45) is 0 Å². The Morgan fingerprint density at radius 2 is 2.20 bits per heavy atom. The topological polar surface area (TPSA) is 119 Å². The number of nitro benzene ring substituents is 1. The molecule has 0 aliphatic carbocycles. The lowest BCUT2D eigenvalue weighted by Crippen LogP contribution is -2.29. The van der Waals surface area contributed by atoms with Crippen molar-refractivity contribution in [3.05, 3.63) is 46.5 Å². The van der Waals surface area contributed by atoms with Crippen LogP contribution in [0.1, 0.15) is 10.4 Å². The first-order valence-corrected chi connectivity index (χ1v) is 5.48. The van der Waals surface area contributed by atoms with Gasteiger partial charge in [-0.15, -0.1) is 6.58 Å². The van der Waals surface area contributed by atoms with Gasteiger partial charge in [0.1, 0.15) is 5.56 Å². The average Bonchev–Trinajstić information content (AvgIpc) is 2.42. The van der Waals surface area contributed by atoms with Gasteiger partial charge in [-0.2, -0.15) is 0 Å². The van der Waals surface area contributed by atoms with Crippen LogP contribution in [0.2, 0.25) is 0 Å². The second kappa shape index (κ2) is 6.88. The van der Waals surface area contributed by atoms with Crippen molar-refractivity contribution >= 4 is 17.6 Å². The first-order chi connectivity index (χ1) is 9.47. The van der Waals surface area contributed by atoms with Crippen molar-refractivity contribution in [2.45, 2.75) is 0 Å². The molecule has 1 amide bonds. The van der Waals surface area contributed by atoms with Gasteiger partial charge in [-0.3, -0.25) is 14.9 Å². The van der Waals surface area contributed by atoms with E-state index < -0.39 is 34.8 Å². The van der Waals surface area contributed by atoms with Crippen molar-refractivity contribution < 1.29 is 24.4 Å². The van der Waals surface area contributed by atoms with Gasteiger partial charge >= 0.3 is 11.7 Å². The summed E-state index contributed by atoms with van der Waals surface area (Å²) < 4.78 is 4.98. The Bertz CT molecular complexity index is 523. The summed E-state index contributed by atoms with van der Waals surface area (Å²) in [5.74, 6) is -2.37. The van der Waals surface area contributed by atoms with E-state index in [1.165, 1.54) is 12.1 Å². The Morgan fingerprint density at radius 1 is 1.50 bits per heavy atom. The Kier molecular flexibility index (Phi) is 5.21. The zero-order chi connectivity index (χ0) is 15.1. The molecule has 0 heterocycles. The molecule has 0 aromatic heterocycles. The van der Waals surface area contributed by atoms with Crippen molar-refractivity contribution in [3.8, 4) is 5.75 Å². The van der Waals surface area contributed by atoms with Crippen LogP contribution in [0.5, 0.6) is 5.75 Å². The van der Waals surface area contributed by atoms with Crippen LogP contribution in [0.15, 0.2) is 30.9 Å². The highest BCUT2D eigenvalue weighted by Crippen LogP contribution is 2.30. The van der Waals surface area contributed by atoms with E-state index in [2.05, 4.69) is 11.9 Å². The fraction of sp³-hybridized carbons (Fsp3) is 0.167. The van der Waals surface area contributed by atoms with Gasteiger partial charge in [0.15, 0.2) is 6.61 Å². The fourth-order valence-electron chi connectivity index (χ4n) is 1.36. The van der Waals surface area contributed by atoms with Gasteiger partial charge in [0, 0.05) is 12.6 Å². The summed E-state index contributed by atoms with van der Waals surface area (Å²) in [6.07, 6.45) is 1.45. The van der Waals surface area contributed by atoms with E-state index in [4.69, 9.17) is 9.84 Å². The summed E-state index contributed by atoms with van der Waals surface area (Å²) in [5.41, 5.74) is -0.892. The third kappa shape index (κ3) is 3.80. The molecule has 8 nitrogen and oxygen atoms in total. The number of rotatable bonds is 7. The highest BCUT2D eigenvalue weighted by atomic mass is 16.6. The lowest BCUT2D eigenvalue weighted by atomic mass is 10.2. The Hall–Kier alpha value is -2.90. The molecule has 0 atom stereocenters. The molecule has 0 saturated heterocycles. The van der Waals surface area contributed by atoms with E-state index in [9.17, 15) is 19.7 Å². The number of carbonyl (C=O) groups is 2. The minimum absolute atomic E-state index is 0.213. The number of nitrogens with one attached hydrogen (secondary N) is 1. The van der Waals surface area contributed by atoms with E-state index in [-0.39, 0.29) is 12.1 Å². The molecule has 0 saturated carbocycles. The number of aromatic carboxylic acids is 1. The smallest absolute Gasteiger partial charge is 0.339 e. The van der Waals surface area contributed by atoms with Gasteiger partial charge in [0.25, 0.3) is 5.91 Å². The van der Waals surface area contributed by atoms with Crippen LogP contribution in [0.25, 0.3) is 0 Å². The van der Waals surface area contributed by atoms with Crippen LogP contribution in [0.4, 0.5) is 5.69 Å². The maximum absolute atomic E-state index is 11.3. The zero-order valence-corrected chi connectivity index (χ0v) is 10.4. The van der Waals surface area contributed by atoms with Crippen molar-refractivity contribution in [2.75, 3.05) is 13.2 Å². The number of nitro groups is 1. The van der Waals surface area contributed by atoms with Crippen LogP contribution in [-0.2, 0) is 4.79 Å². The van der Waals surface area contributed by atoms with Gasteiger partial charge in [-0.25, -0.2) is 4.79 Å². The van der Waals surface area contributed by atoms with E-state index in [0.29, 0.717) is 0 Å². The third-order valence-corrected chi connectivity index (χ3v) is 2.21. The molecule has 20 heavy (non-hydrogen) atoms. The summed E-state index contributed by atoms with van der Waals surface area (Å²) in [4.78, 5) is 32.4. The van der Waals surface area contributed by atoms with Gasteiger partial charge in [0.2, 0.25) is 5.75 Å². The molecule has 8 heteroatoms. The van der Waals surface area contributed by atoms with Crippen molar-refractivity contribution in [3.63, 3.8) is 0 Å². The van der Waals surface area contributed by atoms with Crippen molar-refractivity contribution in [1.29, 1.82) is 0 Å². The molecule has 2 N–H and O–H groups in total. The highest BCUT2D eigenvalue weighted by molar-refractivity contribution is 5.92. The number of amides is 1. The second-order valence-corrected chi connectivity index (χ2v) is 3.60. The van der Waals surface area contributed by atoms with Gasteiger partial charge in [-0.05, 0) is 6.07 Å². The number of carboxylic acids is 1. The molecule has 0 fully saturated rings. The maximum Gasteiger partial charge on any atom is 0.339 e. The lowest BCUT2D eigenvalue weighted by molar-refractivity contribution is -0.385. The standard InChI is InChI=1S/C12H12N2O6/c1-2-6-13-10(15)7-20-11-8(12(16)17)4-3-5-9(11)14(18)19/h2-5H,1,6-7H2,(H,13,15)(H,16,17). The summed E-state index contributed by atoms with van der Waals surface area (Å²) in [7, 11) is 0. The van der Waals surface area contributed by atoms with Crippen molar-refractivity contribution in [1.82, 2.24) is 5.32 Å². The molecule has 1 aromatic carbocycles. The minimum atomic E-state index is -1.38. The van der Waals surface area contributed by atoms with Crippen LogP contribution in [-0.4, -0.2) is 35.1 Å². The molecule has 0 unspecified atom stereocenters. The molecule has 106 valence electrons. The lowest BCUT2D eigenvalue weighted by Gasteiger charge is -2.09. The summed E-state index contributed by atoms with van der Waals surface area (Å²) in [6.45, 7) is 3.09. The number of carbonyl (C=O) groups excluding carboxylic acids is 1. The van der Waals surface area contributed by atoms with E-state index >= 15 is 0 Å². The maximum atomic E-state index is 11.3. The monoisotopic (exact) mass is 280 g/mol. The quantitative estimate of drug-likeness (QED) is 0.436. The number of hydrogen-bond donors (Lipinski definition) is 2. The van der Waals surface area contributed by atoms with Gasteiger partial charge in [-0.1, -0.05) is 12.1 Å². The Labute approximate surface area is 113 Å². The highest BCUT2D eigenvalue weighted by Gasteiger charge is 2.23. The molecule has 0 aliphatic rings. The molecule has 0 radical (unpaired) electrons. The Morgan fingerprint density at radius 3 is 2.75 bits per heavy atom. The molecular weight excluding hydrogens is 268 g/mol. The zero-order valence-electron chi connectivity index (χ0n) is 10.4. The molecule has 1 rings (SSSR count). The van der Waals surface area contributed by atoms with Crippen LogP contribution in [0.3, 0.4) is 0 Å². The van der Waals surface area contributed by atoms with E-state index in [1.54, 1.807) is 0 Å². The average molecular weight is 280 g/mol. The predicted molar refractivity (Wildman–Crippen MR) is 68.8 cm³/mol. The number of nitrogens with zero attached hydrogens (tertiary/aromatic N) is 1. The van der Waals surface area contributed by atoms with E-state index in [0.717, 1.165) is 12.1 Å². The SMILES string of the molecule is C=CCNC(=O)COc1c(C(=O)O)cccc1[N+](=O)[O-]. The third-order valence-electron chi connectivity index (χ3n) is 2.21. The normalized spacial score (nSPS) is 9.60. The summed E-state index contributed by atoms with van der Waals surface area (Å²) in [6, 6.07) is 3.49. The summed E-state index contributed by atoms with van der Waals surface area (Å²) in [5, 5.41) is 22.2. The van der Waals surface area contributed by atoms with Gasteiger partial charge < -0.3 is 15.2 Å². The number of benzene rings is 1. The summed E-state index contributed by atoms with van der Waals surface area (Å²) >= 11 is 0. The largest absolute Gasteiger partial charge is 0.478 e. The molecule has 0 spiro atoms.